The van der Waals surface area contributed by atoms with E-state index >= 15 is 0 Å². The molecule has 0 spiro atoms. The molecule has 3 amide bonds. The van der Waals surface area contributed by atoms with Crippen LogP contribution >= 0.6 is 11.8 Å². The second-order valence-corrected chi connectivity index (χ2v) is 8.99. The van der Waals surface area contributed by atoms with Crippen LogP contribution in [0.4, 0.5) is 23.7 Å². The van der Waals surface area contributed by atoms with E-state index in [4.69, 9.17) is 0 Å². The first-order valence-corrected chi connectivity index (χ1v) is 10.2. The molecular weight excluding hydrogens is 415 g/mol. The van der Waals surface area contributed by atoms with E-state index in [2.05, 4.69) is 4.98 Å². The SMILES string of the molecule is CC(C)c1cc(CN2C(=O)N(c3ccc(SC(F)(F)F)cc3)C(=O)C2(C)C)ccn1. The highest BCUT2D eigenvalue weighted by molar-refractivity contribution is 8.00. The second-order valence-electron chi connectivity index (χ2n) is 7.85. The Balaban J connectivity index is 1.86. The Bertz CT molecular complexity index is 959. The van der Waals surface area contributed by atoms with Crippen molar-refractivity contribution in [3.8, 4) is 0 Å². The molecule has 1 aromatic heterocycles. The molecule has 0 aliphatic carbocycles. The van der Waals surface area contributed by atoms with Gasteiger partial charge in [0.2, 0.25) is 0 Å². The van der Waals surface area contributed by atoms with E-state index in [1.54, 1.807) is 26.1 Å². The molecule has 0 radical (unpaired) electrons. The van der Waals surface area contributed by atoms with Gasteiger partial charge in [-0.3, -0.25) is 9.78 Å². The van der Waals surface area contributed by atoms with E-state index in [9.17, 15) is 22.8 Å². The Morgan fingerprint density at radius 3 is 2.30 bits per heavy atom. The summed E-state index contributed by atoms with van der Waals surface area (Å²) in [4.78, 5) is 32.9. The number of rotatable bonds is 5. The molecule has 160 valence electrons. The van der Waals surface area contributed by atoms with Crippen LogP contribution < -0.4 is 4.90 Å². The fourth-order valence-electron chi connectivity index (χ4n) is 3.22. The number of benzene rings is 1. The summed E-state index contributed by atoms with van der Waals surface area (Å²) in [6.07, 6.45) is 1.68. The Hall–Kier alpha value is -2.55. The van der Waals surface area contributed by atoms with Gasteiger partial charge in [0.05, 0.1) is 5.69 Å². The summed E-state index contributed by atoms with van der Waals surface area (Å²) < 4.78 is 37.6. The maximum absolute atomic E-state index is 13.1. The number of amides is 3. The van der Waals surface area contributed by atoms with Crippen LogP contribution in [0.15, 0.2) is 47.5 Å². The van der Waals surface area contributed by atoms with Crippen molar-refractivity contribution in [1.82, 2.24) is 9.88 Å². The molecule has 3 rings (SSSR count). The van der Waals surface area contributed by atoms with Crippen LogP contribution in [0.1, 0.15) is 44.9 Å². The van der Waals surface area contributed by atoms with Gasteiger partial charge in [-0.25, -0.2) is 9.69 Å². The van der Waals surface area contributed by atoms with Crippen molar-refractivity contribution in [2.24, 2.45) is 0 Å². The zero-order chi connectivity index (χ0) is 22.3. The Morgan fingerprint density at radius 2 is 1.73 bits per heavy atom. The number of hydrogen-bond donors (Lipinski definition) is 0. The fraction of sp³-hybridized carbons (Fsp3) is 0.381. The first-order valence-electron chi connectivity index (χ1n) is 9.37. The predicted octanol–water partition coefficient (Wildman–Crippen LogP) is 5.56. The van der Waals surface area contributed by atoms with Crippen LogP contribution in [-0.2, 0) is 11.3 Å². The zero-order valence-corrected chi connectivity index (χ0v) is 17.8. The number of urea groups is 1. The van der Waals surface area contributed by atoms with Crippen LogP contribution in [0.5, 0.6) is 0 Å². The van der Waals surface area contributed by atoms with Crippen molar-refractivity contribution in [2.45, 2.75) is 56.1 Å². The Kier molecular flexibility index (Phi) is 5.86. The van der Waals surface area contributed by atoms with E-state index in [1.165, 1.54) is 29.2 Å². The molecule has 0 bridgehead atoms. The molecule has 2 aromatic rings. The third-order valence-corrected chi connectivity index (χ3v) is 5.67. The number of halogens is 3. The maximum Gasteiger partial charge on any atom is 0.446 e. The van der Waals surface area contributed by atoms with Crippen molar-refractivity contribution in [2.75, 3.05) is 4.90 Å². The molecule has 0 N–H and O–H groups in total. The highest BCUT2D eigenvalue weighted by atomic mass is 32.2. The molecule has 0 saturated carbocycles. The number of pyridine rings is 1. The van der Waals surface area contributed by atoms with Crippen molar-refractivity contribution in [1.29, 1.82) is 0 Å². The first kappa shape index (κ1) is 22.1. The van der Waals surface area contributed by atoms with E-state index in [-0.39, 0.29) is 34.8 Å². The molecule has 9 heteroatoms. The number of hydrogen-bond acceptors (Lipinski definition) is 4. The highest BCUT2D eigenvalue weighted by Crippen LogP contribution is 2.39. The summed E-state index contributed by atoms with van der Waals surface area (Å²) in [5.74, 6) is -0.208. The van der Waals surface area contributed by atoms with Crippen molar-refractivity contribution >= 4 is 29.4 Å². The molecule has 1 aliphatic heterocycles. The van der Waals surface area contributed by atoms with Crippen molar-refractivity contribution < 1.29 is 22.8 Å². The summed E-state index contributed by atoms with van der Waals surface area (Å²) in [5, 5.41) is 0. The summed E-state index contributed by atoms with van der Waals surface area (Å²) in [5.41, 5.74) is -3.53. The van der Waals surface area contributed by atoms with Gasteiger partial charge in [0.15, 0.2) is 0 Å². The number of alkyl halides is 3. The number of aromatic nitrogens is 1. The minimum Gasteiger partial charge on any atom is -0.305 e. The van der Waals surface area contributed by atoms with Gasteiger partial charge in [0.25, 0.3) is 5.91 Å². The van der Waals surface area contributed by atoms with Gasteiger partial charge >= 0.3 is 11.5 Å². The van der Waals surface area contributed by atoms with Crippen molar-refractivity contribution in [3.05, 3.63) is 53.9 Å². The van der Waals surface area contributed by atoms with Gasteiger partial charge < -0.3 is 4.90 Å². The standard InChI is InChI=1S/C21H22F3N3O2S/c1-13(2)17-11-14(9-10-25-17)12-26-19(29)27(18(28)20(26,3)4)15-5-7-16(8-6-15)30-21(22,23)24/h5-11,13H,12H2,1-4H3. The molecule has 5 nitrogen and oxygen atoms in total. The number of nitrogens with zero attached hydrogens (tertiary/aromatic N) is 3. The normalized spacial score (nSPS) is 16.7. The predicted molar refractivity (Wildman–Crippen MR) is 109 cm³/mol. The molecule has 1 aromatic carbocycles. The van der Waals surface area contributed by atoms with Crippen LogP contribution in [0, 0.1) is 0 Å². The quantitative estimate of drug-likeness (QED) is 0.454. The number of anilines is 1. The van der Waals surface area contributed by atoms with E-state index in [0.29, 0.717) is 0 Å². The number of carbonyl (C=O) groups is 2. The first-order chi connectivity index (χ1) is 13.9. The lowest BCUT2D eigenvalue weighted by Crippen LogP contribution is -2.43. The van der Waals surface area contributed by atoms with Gasteiger partial charge in [-0.1, -0.05) is 13.8 Å². The molecule has 1 saturated heterocycles. The number of imide groups is 1. The van der Waals surface area contributed by atoms with Gasteiger partial charge in [0, 0.05) is 23.3 Å². The zero-order valence-electron chi connectivity index (χ0n) is 17.0. The Labute approximate surface area is 177 Å². The van der Waals surface area contributed by atoms with Crippen LogP contribution in [0.2, 0.25) is 0 Å². The summed E-state index contributed by atoms with van der Waals surface area (Å²) >= 11 is -0.245. The Morgan fingerprint density at radius 1 is 1.10 bits per heavy atom. The lowest BCUT2D eigenvalue weighted by Gasteiger charge is -2.27. The minimum absolute atomic E-state index is 0.0144. The third-order valence-electron chi connectivity index (χ3n) is 4.93. The molecular formula is C21H22F3N3O2S. The number of thioether (sulfide) groups is 1. The average molecular weight is 437 g/mol. The average Bonchev–Trinajstić information content (AvgIpc) is 2.81. The topological polar surface area (TPSA) is 53.5 Å². The lowest BCUT2D eigenvalue weighted by atomic mass is 10.0. The highest BCUT2D eigenvalue weighted by Gasteiger charge is 2.51. The second kappa shape index (κ2) is 7.94. The molecule has 1 fully saturated rings. The largest absolute Gasteiger partial charge is 0.446 e. The van der Waals surface area contributed by atoms with Gasteiger partial charge in [-0.2, -0.15) is 13.2 Å². The van der Waals surface area contributed by atoms with Crippen LogP contribution in [0.25, 0.3) is 0 Å². The smallest absolute Gasteiger partial charge is 0.305 e. The third kappa shape index (κ3) is 4.45. The van der Waals surface area contributed by atoms with Crippen LogP contribution in [-0.4, -0.2) is 32.9 Å². The van der Waals surface area contributed by atoms with E-state index in [1.807, 2.05) is 19.9 Å². The van der Waals surface area contributed by atoms with Crippen LogP contribution in [0.3, 0.4) is 0 Å². The van der Waals surface area contributed by atoms with Crippen molar-refractivity contribution in [3.63, 3.8) is 0 Å². The number of carbonyl (C=O) groups excluding carboxylic acids is 2. The molecule has 0 atom stereocenters. The fourth-order valence-corrected chi connectivity index (χ4v) is 3.76. The van der Waals surface area contributed by atoms with Gasteiger partial charge in [-0.15, -0.1) is 0 Å². The summed E-state index contributed by atoms with van der Waals surface area (Å²) in [6, 6.07) is 8.40. The summed E-state index contributed by atoms with van der Waals surface area (Å²) in [7, 11) is 0. The molecule has 0 unspecified atom stereocenters. The lowest BCUT2D eigenvalue weighted by molar-refractivity contribution is -0.123. The maximum atomic E-state index is 13.1. The summed E-state index contributed by atoms with van der Waals surface area (Å²) in [6.45, 7) is 7.57. The minimum atomic E-state index is -4.40. The van der Waals surface area contributed by atoms with Gasteiger partial charge in [-0.05, 0) is 73.5 Å². The van der Waals surface area contributed by atoms with Gasteiger partial charge in [0.1, 0.15) is 5.54 Å². The van der Waals surface area contributed by atoms with E-state index in [0.717, 1.165) is 16.2 Å². The molecule has 30 heavy (non-hydrogen) atoms. The van der Waals surface area contributed by atoms with E-state index < -0.39 is 23.0 Å². The molecule has 2 heterocycles. The monoisotopic (exact) mass is 437 g/mol. The molecule has 1 aliphatic rings.